The summed E-state index contributed by atoms with van der Waals surface area (Å²) < 4.78 is 52.0. The van der Waals surface area contributed by atoms with Crippen molar-refractivity contribution < 1.29 is 27.1 Å². The lowest BCUT2D eigenvalue weighted by Gasteiger charge is -2.11. The van der Waals surface area contributed by atoms with Crippen LogP contribution in [0.2, 0.25) is 10.0 Å². The summed E-state index contributed by atoms with van der Waals surface area (Å²) in [6.45, 7) is 1.77. The van der Waals surface area contributed by atoms with E-state index in [1.165, 1.54) is 0 Å². The number of hydrogen-bond donors (Lipinski definition) is 1. The first kappa shape index (κ1) is 21.0. The molecule has 2 aromatic heterocycles. The SMILES string of the molecule is CCOc1nc(F)cc2nc(S(=O)(=O)Nc3cc(Cl)c(Cl)cc3C(=O)OC)nn12. The van der Waals surface area contributed by atoms with Crippen molar-refractivity contribution in [3.05, 3.63) is 39.8 Å². The molecule has 3 rings (SSSR count). The van der Waals surface area contributed by atoms with Crippen molar-refractivity contribution in [2.45, 2.75) is 12.1 Å². The van der Waals surface area contributed by atoms with Gasteiger partial charge in [-0.05, 0) is 19.1 Å². The van der Waals surface area contributed by atoms with Crippen LogP contribution in [-0.2, 0) is 14.8 Å². The van der Waals surface area contributed by atoms with E-state index in [4.69, 9.17) is 27.9 Å². The van der Waals surface area contributed by atoms with Crippen molar-refractivity contribution in [1.82, 2.24) is 19.6 Å². The Hall–Kier alpha value is -2.70. The summed E-state index contributed by atoms with van der Waals surface area (Å²) in [6.07, 6.45) is 0. The Kier molecular flexibility index (Phi) is 5.78. The van der Waals surface area contributed by atoms with Crippen molar-refractivity contribution in [1.29, 1.82) is 0 Å². The number of carbonyl (C=O) groups excluding carboxylic acids is 1. The van der Waals surface area contributed by atoms with Gasteiger partial charge in [-0.15, -0.1) is 5.10 Å². The number of aromatic nitrogens is 4. The number of nitrogens with zero attached hydrogens (tertiary/aromatic N) is 4. The second-order valence-corrected chi connectivity index (χ2v) is 7.76. The summed E-state index contributed by atoms with van der Waals surface area (Å²) in [5.41, 5.74) is -0.542. The number of ether oxygens (including phenoxy) is 2. The van der Waals surface area contributed by atoms with Crippen LogP contribution in [0, 0.1) is 5.95 Å². The highest BCUT2D eigenvalue weighted by atomic mass is 35.5. The third-order valence-corrected chi connectivity index (χ3v) is 5.33. The van der Waals surface area contributed by atoms with E-state index < -0.39 is 27.1 Å². The molecule has 14 heteroatoms. The van der Waals surface area contributed by atoms with Gasteiger partial charge in [0.15, 0.2) is 5.65 Å². The van der Waals surface area contributed by atoms with Crippen LogP contribution in [0.5, 0.6) is 6.01 Å². The third kappa shape index (κ3) is 4.18. The largest absolute Gasteiger partial charge is 0.465 e. The number of hydrogen-bond acceptors (Lipinski definition) is 8. The fraction of sp³-hybridized carbons (Fsp3) is 0.200. The monoisotopic (exact) mass is 463 g/mol. The molecule has 0 saturated carbocycles. The molecule has 0 unspecified atom stereocenters. The van der Waals surface area contributed by atoms with Gasteiger partial charge in [-0.1, -0.05) is 23.2 Å². The van der Waals surface area contributed by atoms with Gasteiger partial charge in [0.2, 0.25) is 5.95 Å². The van der Waals surface area contributed by atoms with E-state index in [2.05, 4.69) is 24.5 Å². The van der Waals surface area contributed by atoms with Gasteiger partial charge in [0.05, 0.1) is 35.0 Å². The van der Waals surface area contributed by atoms with Crippen LogP contribution in [0.25, 0.3) is 5.65 Å². The lowest BCUT2D eigenvalue weighted by Crippen LogP contribution is -2.17. The minimum atomic E-state index is -4.42. The Morgan fingerprint density at radius 3 is 2.59 bits per heavy atom. The topological polar surface area (TPSA) is 125 Å². The Morgan fingerprint density at radius 2 is 1.93 bits per heavy atom. The molecule has 10 nitrogen and oxygen atoms in total. The van der Waals surface area contributed by atoms with Crippen LogP contribution < -0.4 is 9.46 Å². The van der Waals surface area contributed by atoms with Gasteiger partial charge < -0.3 is 9.47 Å². The number of fused-ring (bicyclic) bond motifs is 1. The molecular formula is C15H12Cl2FN5O5S. The predicted octanol–water partition coefficient (Wildman–Crippen LogP) is 2.56. The molecule has 0 amide bonds. The van der Waals surface area contributed by atoms with Gasteiger partial charge >= 0.3 is 12.0 Å². The fourth-order valence-corrected chi connectivity index (χ4v) is 3.53. The molecule has 29 heavy (non-hydrogen) atoms. The normalized spacial score (nSPS) is 11.5. The van der Waals surface area contributed by atoms with Crippen LogP contribution >= 0.6 is 23.2 Å². The molecule has 0 aliphatic heterocycles. The summed E-state index contributed by atoms with van der Waals surface area (Å²) in [4.78, 5) is 19.2. The van der Waals surface area contributed by atoms with Gasteiger partial charge in [0.1, 0.15) is 0 Å². The van der Waals surface area contributed by atoms with Crippen molar-refractivity contribution in [2.24, 2.45) is 0 Å². The highest BCUT2D eigenvalue weighted by Gasteiger charge is 2.26. The quantitative estimate of drug-likeness (QED) is 0.436. The fourth-order valence-electron chi connectivity index (χ4n) is 2.25. The maximum atomic E-state index is 13.6. The third-order valence-electron chi connectivity index (χ3n) is 3.47. The molecule has 1 aromatic carbocycles. The zero-order valence-corrected chi connectivity index (χ0v) is 17.1. The zero-order valence-electron chi connectivity index (χ0n) is 14.8. The maximum absolute atomic E-state index is 13.6. The molecule has 154 valence electrons. The van der Waals surface area contributed by atoms with E-state index in [0.717, 1.165) is 29.8 Å². The number of halogens is 3. The van der Waals surface area contributed by atoms with Gasteiger partial charge in [-0.3, -0.25) is 4.72 Å². The number of esters is 1. The van der Waals surface area contributed by atoms with E-state index in [1.807, 2.05) is 0 Å². The van der Waals surface area contributed by atoms with Gasteiger partial charge in [-0.2, -0.15) is 27.3 Å². The Morgan fingerprint density at radius 1 is 1.24 bits per heavy atom. The Labute approximate surface area is 173 Å². The van der Waals surface area contributed by atoms with E-state index in [0.29, 0.717) is 0 Å². The number of rotatable bonds is 6. The summed E-state index contributed by atoms with van der Waals surface area (Å²) in [7, 11) is -3.31. The van der Waals surface area contributed by atoms with Crippen LogP contribution in [0.4, 0.5) is 10.1 Å². The van der Waals surface area contributed by atoms with Gasteiger partial charge in [0.25, 0.3) is 15.2 Å². The predicted molar refractivity (Wildman–Crippen MR) is 101 cm³/mol. The summed E-state index contributed by atoms with van der Waals surface area (Å²) in [5.74, 6) is -1.78. The first-order valence-electron chi connectivity index (χ1n) is 7.82. The maximum Gasteiger partial charge on any atom is 0.340 e. The zero-order chi connectivity index (χ0) is 21.3. The minimum absolute atomic E-state index is 0.00937. The first-order chi connectivity index (χ1) is 13.7. The molecule has 0 aliphatic carbocycles. The lowest BCUT2D eigenvalue weighted by molar-refractivity contribution is 0.0602. The van der Waals surface area contributed by atoms with Gasteiger partial charge in [-0.25, -0.2) is 4.79 Å². The van der Waals surface area contributed by atoms with Crippen LogP contribution in [0.15, 0.2) is 23.4 Å². The number of methoxy groups -OCH3 is 1. The molecule has 0 atom stereocenters. The van der Waals surface area contributed by atoms with E-state index in [9.17, 15) is 17.6 Å². The smallest absolute Gasteiger partial charge is 0.340 e. The Balaban J connectivity index is 2.08. The first-order valence-corrected chi connectivity index (χ1v) is 10.1. The van der Waals surface area contributed by atoms with Crippen molar-refractivity contribution >= 4 is 50.5 Å². The number of sulfonamides is 1. The second kappa shape index (κ2) is 7.97. The molecule has 0 radical (unpaired) electrons. The molecular weight excluding hydrogens is 452 g/mol. The highest BCUT2D eigenvalue weighted by Crippen LogP contribution is 2.31. The van der Waals surface area contributed by atoms with Crippen LogP contribution in [-0.4, -0.2) is 47.7 Å². The average molecular weight is 464 g/mol. The molecule has 1 N–H and O–H groups in total. The molecule has 0 saturated heterocycles. The minimum Gasteiger partial charge on any atom is -0.465 e. The van der Waals surface area contributed by atoms with Crippen molar-refractivity contribution in [2.75, 3.05) is 18.4 Å². The molecule has 3 aromatic rings. The molecule has 0 fully saturated rings. The number of nitrogens with one attached hydrogen (secondary N) is 1. The lowest BCUT2D eigenvalue weighted by atomic mass is 10.2. The van der Waals surface area contributed by atoms with E-state index >= 15 is 0 Å². The molecule has 0 aliphatic rings. The summed E-state index contributed by atoms with van der Waals surface area (Å²) >= 11 is 11.8. The van der Waals surface area contributed by atoms with Gasteiger partial charge in [0, 0.05) is 6.07 Å². The standard InChI is InChI=1S/C15H12Cl2FN5O5S/c1-3-28-15-19-11(18)6-12-20-14(21-23(12)15)29(25,26)22-10-5-9(17)8(16)4-7(10)13(24)27-2/h4-6,22H,3H2,1-2H3. The van der Waals surface area contributed by atoms with Crippen LogP contribution in [0.3, 0.4) is 0 Å². The highest BCUT2D eigenvalue weighted by molar-refractivity contribution is 7.92. The summed E-state index contributed by atoms with van der Waals surface area (Å²) in [6, 6.07) is 2.89. The Bertz CT molecular complexity index is 1220. The van der Waals surface area contributed by atoms with Crippen molar-refractivity contribution in [3.8, 4) is 6.01 Å². The second-order valence-electron chi connectivity index (χ2n) is 5.37. The van der Waals surface area contributed by atoms with Crippen molar-refractivity contribution in [3.63, 3.8) is 0 Å². The number of benzene rings is 1. The number of carbonyl (C=O) groups is 1. The van der Waals surface area contributed by atoms with E-state index in [-0.39, 0.29) is 39.6 Å². The average Bonchev–Trinajstić information content (AvgIpc) is 3.09. The summed E-state index contributed by atoms with van der Waals surface area (Å²) in [5, 5.41) is 3.09. The molecule has 2 heterocycles. The molecule has 0 spiro atoms. The van der Waals surface area contributed by atoms with Crippen LogP contribution in [0.1, 0.15) is 17.3 Å². The number of anilines is 1. The molecule has 0 bridgehead atoms. The van der Waals surface area contributed by atoms with E-state index in [1.54, 1.807) is 6.92 Å².